The molecule has 1 aliphatic carbocycles. The SMILES string of the molecule is Cc1cc(NC(=O)N2CCN(CCC3=CCCCC3)CC2)no1. The molecular formula is C17H26N4O2. The number of carbonyl (C=O) groups is 1. The van der Waals surface area contributed by atoms with Crippen molar-refractivity contribution in [3.05, 3.63) is 23.5 Å². The van der Waals surface area contributed by atoms with Crippen LogP contribution in [0.1, 0.15) is 37.9 Å². The second kappa shape index (κ2) is 7.64. The number of aryl methyl sites for hydroxylation is 1. The fourth-order valence-electron chi connectivity index (χ4n) is 3.22. The van der Waals surface area contributed by atoms with Gasteiger partial charge < -0.3 is 9.42 Å². The highest BCUT2D eigenvalue weighted by Gasteiger charge is 2.21. The predicted octanol–water partition coefficient (Wildman–Crippen LogP) is 3.02. The Kier molecular flexibility index (Phi) is 5.33. The van der Waals surface area contributed by atoms with E-state index in [-0.39, 0.29) is 6.03 Å². The first-order valence-electron chi connectivity index (χ1n) is 8.60. The lowest BCUT2D eigenvalue weighted by Crippen LogP contribution is -2.50. The summed E-state index contributed by atoms with van der Waals surface area (Å²) in [6.07, 6.45) is 8.84. The number of allylic oxidation sites excluding steroid dienone is 1. The van der Waals surface area contributed by atoms with Crippen molar-refractivity contribution in [3.8, 4) is 0 Å². The quantitative estimate of drug-likeness (QED) is 0.867. The molecule has 0 spiro atoms. The van der Waals surface area contributed by atoms with Crippen LogP contribution in [0, 0.1) is 6.92 Å². The molecule has 3 rings (SSSR count). The van der Waals surface area contributed by atoms with Gasteiger partial charge in [0.25, 0.3) is 0 Å². The largest absolute Gasteiger partial charge is 0.360 e. The van der Waals surface area contributed by atoms with E-state index in [0.29, 0.717) is 11.6 Å². The Morgan fingerprint density at radius 2 is 2.13 bits per heavy atom. The molecule has 23 heavy (non-hydrogen) atoms. The molecule has 0 radical (unpaired) electrons. The standard InChI is InChI=1S/C17H26N4O2/c1-14-13-16(19-23-14)18-17(22)21-11-9-20(10-12-21)8-7-15-5-3-2-4-6-15/h5,13H,2-4,6-12H2,1H3,(H,18,19,22). The van der Waals surface area contributed by atoms with Gasteiger partial charge in [0.15, 0.2) is 5.82 Å². The number of nitrogens with zero attached hydrogens (tertiary/aromatic N) is 3. The van der Waals surface area contributed by atoms with E-state index < -0.39 is 0 Å². The molecular weight excluding hydrogens is 292 g/mol. The molecule has 1 aromatic heterocycles. The summed E-state index contributed by atoms with van der Waals surface area (Å²) in [5.74, 6) is 1.18. The zero-order valence-corrected chi connectivity index (χ0v) is 13.9. The van der Waals surface area contributed by atoms with Crippen molar-refractivity contribution in [3.63, 3.8) is 0 Å². The van der Waals surface area contributed by atoms with E-state index in [2.05, 4.69) is 21.4 Å². The topological polar surface area (TPSA) is 61.6 Å². The number of hydrogen-bond donors (Lipinski definition) is 1. The first-order valence-corrected chi connectivity index (χ1v) is 8.60. The first kappa shape index (κ1) is 16.1. The molecule has 2 amide bonds. The normalized spacial score (nSPS) is 19.5. The van der Waals surface area contributed by atoms with Gasteiger partial charge in [-0.15, -0.1) is 0 Å². The molecule has 1 N–H and O–H groups in total. The van der Waals surface area contributed by atoms with Gasteiger partial charge in [0.05, 0.1) is 0 Å². The summed E-state index contributed by atoms with van der Waals surface area (Å²) in [5.41, 5.74) is 1.62. The molecule has 6 heteroatoms. The Bertz CT molecular complexity index is 559. The number of anilines is 1. The van der Waals surface area contributed by atoms with Crippen molar-refractivity contribution in [2.24, 2.45) is 0 Å². The Hall–Kier alpha value is -1.82. The third-order valence-corrected chi connectivity index (χ3v) is 4.66. The molecule has 2 heterocycles. The smallest absolute Gasteiger partial charge is 0.323 e. The van der Waals surface area contributed by atoms with Crippen molar-refractivity contribution < 1.29 is 9.32 Å². The van der Waals surface area contributed by atoms with Crippen molar-refractivity contribution in [1.29, 1.82) is 0 Å². The Labute approximate surface area is 137 Å². The summed E-state index contributed by atoms with van der Waals surface area (Å²) in [6.45, 7) is 6.34. The van der Waals surface area contributed by atoms with E-state index in [1.807, 2.05) is 11.8 Å². The summed E-state index contributed by atoms with van der Waals surface area (Å²) in [6, 6.07) is 1.64. The fourth-order valence-corrected chi connectivity index (χ4v) is 3.22. The molecule has 2 aliphatic rings. The van der Waals surface area contributed by atoms with Crippen LogP contribution < -0.4 is 5.32 Å². The summed E-state index contributed by atoms with van der Waals surface area (Å²) >= 11 is 0. The summed E-state index contributed by atoms with van der Waals surface area (Å²) in [4.78, 5) is 16.5. The van der Waals surface area contributed by atoms with Crippen LogP contribution in [0.3, 0.4) is 0 Å². The number of aromatic nitrogens is 1. The first-order chi connectivity index (χ1) is 11.2. The average molecular weight is 318 g/mol. The van der Waals surface area contributed by atoms with Crippen molar-refractivity contribution in [2.45, 2.75) is 39.0 Å². The molecule has 1 aliphatic heterocycles. The van der Waals surface area contributed by atoms with Crippen LogP contribution in [0.2, 0.25) is 0 Å². The molecule has 0 atom stereocenters. The zero-order chi connectivity index (χ0) is 16.1. The van der Waals surface area contributed by atoms with Gasteiger partial charge in [-0.25, -0.2) is 4.79 Å². The fraction of sp³-hybridized carbons (Fsp3) is 0.647. The van der Waals surface area contributed by atoms with Crippen molar-refractivity contribution in [1.82, 2.24) is 15.0 Å². The van der Waals surface area contributed by atoms with E-state index >= 15 is 0 Å². The lowest BCUT2D eigenvalue weighted by Gasteiger charge is -2.34. The van der Waals surface area contributed by atoms with Crippen molar-refractivity contribution in [2.75, 3.05) is 38.0 Å². The van der Waals surface area contributed by atoms with E-state index in [1.165, 1.54) is 32.1 Å². The van der Waals surface area contributed by atoms with Crippen LogP contribution in [-0.4, -0.2) is 53.7 Å². The van der Waals surface area contributed by atoms with Gasteiger partial charge in [-0.2, -0.15) is 0 Å². The molecule has 0 saturated carbocycles. The minimum Gasteiger partial charge on any atom is -0.360 e. The van der Waals surface area contributed by atoms with E-state index in [9.17, 15) is 4.79 Å². The molecule has 0 aromatic carbocycles. The van der Waals surface area contributed by atoms with Gasteiger partial charge in [0.2, 0.25) is 0 Å². The Balaban J connectivity index is 1.39. The molecule has 1 fully saturated rings. The highest BCUT2D eigenvalue weighted by Crippen LogP contribution is 2.20. The highest BCUT2D eigenvalue weighted by atomic mass is 16.5. The molecule has 6 nitrogen and oxygen atoms in total. The third kappa shape index (κ3) is 4.58. The third-order valence-electron chi connectivity index (χ3n) is 4.66. The van der Waals surface area contributed by atoms with E-state index in [0.717, 1.165) is 32.7 Å². The minimum atomic E-state index is -0.0899. The van der Waals surface area contributed by atoms with Crippen LogP contribution in [0.4, 0.5) is 10.6 Å². The number of amides is 2. The predicted molar refractivity (Wildman–Crippen MR) is 89.4 cm³/mol. The number of nitrogens with one attached hydrogen (secondary N) is 1. The van der Waals surface area contributed by atoms with Gasteiger partial charge >= 0.3 is 6.03 Å². The molecule has 0 unspecified atom stereocenters. The maximum Gasteiger partial charge on any atom is 0.323 e. The molecule has 0 bridgehead atoms. The number of piperazine rings is 1. The molecule has 1 aromatic rings. The molecule has 126 valence electrons. The van der Waals surface area contributed by atoms with Crippen molar-refractivity contribution >= 4 is 11.8 Å². The summed E-state index contributed by atoms with van der Waals surface area (Å²) < 4.78 is 4.96. The second-order valence-corrected chi connectivity index (χ2v) is 6.44. The van der Waals surface area contributed by atoms with Crippen LogP contribution in [0.15, 0.2) is 22.2 Å². The van der Waals surface area contributed by atoms with E-state index in [1.54, 1.807) is 11.6 Å². The van der Waals surface area contributed by atoms with Gasteiger partial charge in [-0.05, 0) is 39.0 Å². The number of hydrogen-bond acceptors (Lipinski definition) is 4. The van der Waals surface area contributed by atoms with E-state index in [4.69, 9.17) is 4.52 Å². The number of carbonyl (C=O) groups excluding carboxylic acids is 1. The van der Waals surface area contributed by atoms with Crippen LogP contribution in [0.25, 0.3) is 0 Å². The summed E-state index contributed by atoms with van der Waals surface area (Å²) in [5, 5.41) is 6.58. The number of urea groups is 1. The maximum absolute atomic E-state index is 12.2. The Morgan fingerprint density at radius 3 is 2.78 bits per heavy atom. The van der Waals surface area contributed by atoms with Gasteiger partial charge in [0.1, 0.15) is 5.76 Å². The zero-order valence-electron chi connectivity index (χ0n) is 13.9. The minimum absolute atomic E-state index is 0.0899. The maximum atomic E-state index is 12.2. The lowest BCUT2D eigenvalue weighted by molar-refractivity contribution is 0.148. The van der Waals surface area contributed by atoms with Gasteiger partial charge in [-0.3, -0.25) is 10.2 Å². The van der Waals surface area contributed by atoms with Crippen LogP contribution in [-0.2, 0) is 0 Å². The molecule has 1 saturated heterocycles. The average Bonchev–Trinajstić information content (AvgIpc) is 2.99. The summed E-state index contributed by atoms with van der Waals surface area (Å²) in [7, 11) is 0. The van der Waals surface area contributed by atoms with Gasteiger partial charge in [-0.1, -0.05) is 16.8 Å². The van der Waals surface area contributed by atoms with Crippen LogP contribution >= 0.6 is 0 Å². The highest BCUT2D eigenvalue weighted by molar-refractivity contribution is 5.88. The monoisotopic (exact) mass is 318 g/mol. The van der Waals surface area contributed by atoms with Gasteiger partial charge in [0, 0.05) is 38.8 Å². The second-order valence-electron chi connectivity index (χ2n) is 6.44. The lowest BCUT2D eigenvalue weighted by atomic mass is 9.97. The Morgan fingerprint density at radius 1 is 1.30 bits per heavy atom. The number of rotatable bonds is 4. The van der Waals surface area contributed by atoms with Crippen LogP contribution in [0.5, 0.6) is 0 Å².